The quantitative estimate of drug-likeness (QED) is 0.883. The van der Waals surface area contributed by atoms with Gasteiger partial charge in [-0.1, -0.05) is 18.2 Å². The second-order valence-electron chi connectivity index (χ2n) is 7.99. The summed E-state index contributed by atoms with van der Waals surface area (Å²) < 4.78 is 1.81. The molecule has 2 aliphatic rings. The monoisotopic (exact) mass is 381 g/mol. The average molecular weight is 381 g/mol. The number of rotatable bonds is 4. The van der Waals surface area contributed by atoms with E-state index in [1.807, 2.05) is 9.58 Å². The number of piperidine rings is 1. The van der Waals surface area contributed by atoms with E-state index in [2.05, 4.69) is 23.3 Å². The van der Waals surface area contributed by atoms with Crippen LogP contribution in [0.5, 0.6) is 0 Å². The molecule has 1 aromatic carbocycles. The summed E-state index contributed by atoms with van der Waals surface area (Å²) in [4.78, 5) is 25.9. The van der Waals surface area contributed by atoms with Crippen molar-refractivity contribution >= 4 is 11.9 Å². The molecule has 1 saturated heterocycles. The van der Waals surface area contributed by atoms with Crippen LogP contribution in [0.4, 0.5) is 0 Å². The van der Waals surface area contributed by atoms with Crippen molar-refractivity contribution in [2.24, 2.45) is 0 Å². The first-order valence-corrected chi connectivity index (χ1v) is 10.2. The Labute approximate surface area is 165 Å². The van der Waals surface area contributed by atoms with Crippen molar-refractivity contribution < 1.29 is 14.7 Å². The second-order valence-corrected chi connectivity index (χ2v) is 7.99. The predicted molar refractivity (Wildman–Crippen MR) is 106 cm³/mol. The van der Waals surface area contributed by atoms with Crippen LogP contribution in [0.3, 0.4) is 0 Å². The van der Waals surface area contributed by atoms with Gasteiger partial charge in [0.15, 0.2) is 0 Å². The van der Waals surface area contributed by atoms with Crippen LogP contribution in [0.25, 0.3) is 0 Å². The lowest BCUT2D eigenvalue weighted by molar-refractivity contribution is -0.131. The molecule has 148 valence electrons. The Bertz CT molecular complexity index is 894. The number of hydrogen-bond acceptors (Lipinski definition) is 3. The SMILES string of the molecule is Cc1c(C(=O)O)cnn1C1CCN(C(=O)Cc2ccc3c(c2)CCCC3)CC1. The van der Waals surface area contributed by atoms with Gasteiger partial charge in [-0.2, -0.15) is 5.10 Å². The number of carboxylic acid groups (broad SMARTS) is 1. The molecule has 1 N–H and O–H groups in total. The Morgan fingerprint density at radius 2 is 1.86 bits per heavy atom. The van der Waals surface area contributed by atoms with Gasteiger partial charge in [0.05, 0.1) is 24.4 Å². The van der Waals surface area contributed by atoms with Gasteiger partial charge in [-0.25, -0.2) is 4.79 Å². The number of carbonyl (C=O) groups excluding carboxylic acids is 1. The van der Waals surface area contributed by atoms with Crippen LogP contribution < -0.4 is 0 Å². The third-order valence-electron chi connectivity index (χ3n) is 6.21. The van der Waals surface area contributed by atoms with Crippen LogP contribution in [0, 0.1) is 6.92 Å². The smallest absolute Gasteiger partial charge is 0.339 e. The minimum absolute atomic E-state index is 0.154. The van der Waals surface area contributed by atoms with E-state index in [4.69, 9.17) is 0 Å². The van der Waals surface area contributed by atoms with Crippen LogP contribution in [-0.4, -0.2) is 44.8 Å². The van der Waals surface area contributed by atoms with Gasteiger partial charge in [-0.05, 0) is 62.1 Å². The van der Waals surface area contributed by atoms with Crippen molar-refractivity contribution in [3.05, 3.63) is 52.3 Å². The van der Waals surface area contributed by atoms with E-state index in [0.717, 1.165) is 31.2 Å². The Balaban J connectivity index is 1.36. The lowest BCUT2D eigenvalue weighted by Gasteiger charge is -2.33. The van der Waals surface area contributed by atoms with Gasteiger partial charge >= 0.3 is 5.97 Å². The number of carbonyl (C=O) groups is 2. The average Bonchev–Trinajstić information content (AvgIpc) is 3.09. The minimum Gasteiger partial charge on any atom is -0.478 e. The molecule has 1 aliphatic heterocycles. The molecule has 1 aromatic heterocycles. The van der Waals surface area contributed by atoms with Crippen molar-refractivity contribution in [3.8, 4) is 0 Å². The largest absolute Gasteiger partial charge is 0.478 e. The van der Waals surface area contributed by atoms with Crippen molar-refractivity contribution in [3.63, 3.8) is 0 Å². The Hall–Kier alpha value is -2.63. The second kappa shape index (κ2) is 7.78. The lowest BCUT2D eigenvalue weighted by Crippen LogP contribution is -2.40. The number of amides is 1. The number of likely N-dealkylation sites (tertiary alicyclic amines) is 1. The van der Waals surface area contributed by atoms with Gasteiger partial charge < -0.3 is 10.0 Å². The van der Waals surface area contributed by atoms with E-state index in [-0.39, 0.29) is 17.5 Å². The van der Waals surface area contributed by atoms with Gasteiger partial charge in [0.25, 0.3) is 0 Å². The summed E-state index contributed by atoms with van der Waals surface area (Å²) in [5.41, 5.74) is 4.91. The first-order chi connectivity index (χ1) is 13.5. The van der Waals surface area contributed by atoms with Gasteiger partial charge in [0, 0.05) is 13.1 Å². The maximum absolute atomic E-state index is 12.8. The van der Waals surface area contributed by atoms with E-state index in [9.17, 15) is 14.7 Å². The van der Waals surface area contributed by atoms with Crippen molar-refractivity contribution in [2.45, 2.75) is 57.9 Å². The summed E-state index contributed by atoms with van der Waals surface area (Å²) in [6, 6.07) is 6.68. The predicted octanol–water partition coefficient (Wildman–Crippen LogP) is 3.17. The van der Waals surface area contributed by atoms with Crippen LogP contribution in [0.1, 0.15) is 64.5 Å². The number of aromatic nitrogens is 2. The number of aromatic carboxylic acids is 1. The molecule has 4 rings (SSSR count). The lowest BCUT2D eigenvalue weighted by atomic mass is 9.90. The maximum Gasteiger partial charge on any atom is 0.339 e. The highest BCUT2D eigenvalue weighted by molar-refractivity contribution is 5.88. The van der Waals surface area contributed by atoms with Crippen LogP contribution in [0.15, 0.2) is 24.4 Å². The molecule has 28 heavy (non-hydrogen) atoms. The highest BCUT2D eigenvalue weighted by Gasteiger charge is 2.26. The van der Waals surface area contributed by atoms with Crippen LogP contribution in [0.2, 0.25) is 0 Å². The molecule has 0 spiro atoms. The van der Waals surface area contributed by atoms with E-state index in [1.54, 1.807) is 6.92 Å². The maximum atomic E-state index is 12.8. The normalized spacial score (nSPS) is 17.4. The number of aryl methyl sites for hydroxylation is 2. The summed E-state index contributed by atoms with van der Waals surface area (Å²) in [6.07, 6.45) is 8.29. The summed E-state index contributed by atoms with van der Waals surface area (Å²) in [5.74, 6) is -0.765. The third-order valence-corrected chi connectivity index (χ3v) is 6.21. The topological polar surface area (TPSA) is 75.4 Å². The summed E-state index contributed by atoms with van der Waals surface area (Å²) in [6.45, 7) is 3.18. The van der Waals surface area contributed by atoms with Gasteiger partial charge in [-0.15, -0.1) is 0 Å². The standard InChI is InChI=1S/C22H27N3O3/c1-15-20(22(27)28)14-23-25(15)19-8-10-24(11-9-19)21(26)13-16-6-7-17-4-2-3-5-18(17)12-16/h6-7,12,14,19H,2-5,8-11,13H2,1H3,(H,27,28). The van der Waals surface area contributed by atoms with Crippen LogP contribution in [-0.2, 0) is 24.1 Å². The molecule has 6 heteroatoms. The number of benzene rings is 1. The summed E-state index contributed by atoms with van der Waals surface area (Å²) >= 11 is 0. The molecule has 1 fully saturated rings. The highest BCUT2D eigenvalue weighted by atomic mass is 16.4. The molecule has 0 radical (unpaired) electrons. The summed E-state index contributed by atoms with van der Waals surface area (Å²) in [7, 11) is 0. The Kier molecular flexibility index (Phi) is 5.20. The van der Waals surface area contributed by atoms with Gasteiger partial charge in [0.2, 0.25) is 5.91 Å². The molecule has 2 heterocycles. The highest BCUT2D eigenvalue weighted by Crippen LogP contribution is 2.26. The Morgan fingerprint density at radius 3 is 2.54 bits per heavy atom. The minimum atomic E-state index is -0.943. The van der Waals surface area contributed by atoms with E-state index >= 15 is 0 Å². The van der Waals surface area contributed by atoms with Gasteiger partial charge in [0.1, 0.15) is 5.56 Å². The first kappa shape index (κ1) is 18.7. The fraction of sp³-hybridized carbons (Fsp3) is 0.500. The molecule has 1 aliphatic carbocycles. The van der Waals surface area contributed by atoms with Crippen molar-refractivity contribution in [2.75, 3.05) is 13.1 Å². The summed E-state index contributed by atoms with van der Waals surface area (Å²) in [5, 5.41) is 13.5. The molecular weight excluding hydrogens is 354 g/mol. The molecule has 2 aromatic rings. The molecule has 0 unspecified atom stereocenters. The molecule has 0 bridgehead atoms. The number of nitrogens with zero attached hydrogens (tertiary/aromatic N) is 3. The number of hydrogen-bond donors (Lipinski definition) is 1. The Morgan fingerprint density at radius 1 is 1.14 bits per heavy atom. The molecule has 1 amide bonds. The zero-order chi connectivity index (χ0) is 19.7. The number of carboxylic acids is 1. The van der Waals surface area contributed by atoms with Gasteiger partial charge in [-0.3, -0.25) is 9.48 Å². The first-order valence-electron chi connectivity index (χ1n) is 10.2. The zero-order valence-corrected chi connectivity index (χ0v) is 16.4. The van der Waals surface area contributed by atoms with E-state index < -0.39 is 5.97 Å². The fourth-order valence-electron chi connectivity index (χ4n) is 4.54. The zero-order valence-electron chi connectivity index (χ0n) is 16.4. The van der Waals surface area contributed by atoms with E-state index in [0.29, 0.717) is 25.2 Å². The fourth-order valence-corrected chi connectivity index (χ4v) is 4.54. The third kappa shape index (κ3) is 3.68. The van der Waals surface area contributed by atoms with E-state index in [1.165, 1.54) is 30.2 Å². The molecule has 6 nitrogen and oxygen atoms in total. The number of fused-ring (bicyclic) bond motifs is 1. The van der Waals surface area contributed by atoms with Crippen molar-refractivity contribution in [1.82, 2.24) is 14.7 Å². The molecule has 0 atom stereocenters. The molecule has 0 saturated carbocycles. The van der Waals surface area contributed by atoms with Crippen LogP contribution >= 0.6 is 0 Å². The van der Waals surface area contributed by atoms with Crippen molar-refractivity contribution in [1.29, 1.82) is 0 Å². The molecular formula is C22H27N3O3.